The van der Waals surface area contributed by atoms with Crippen LogP contribution in [0.1, 0.15) is 44.3 Å². The van der Waals surface area contributed by atoms with E-state index in [0.717, 1.165) is 35.7 Å². The number of aromatic nitrogens is 2. The van der Waals surface area contributed by atoms with Gasteiger partial charge in [0.2, 0.25) is 5.91 Å². The zero-order chi connectivity index (χ0) is 19.5. The van der Waals surface area contributed by atoms with Crippen molar-refractivity contribution in [2.75, 3.05) is 18.6 Å². The van der Waals surface area contributed by atoms with E-state index in [-0.39, 0.29) is 11.8 Å². The molecule has 1 amide bonds. The third-order valence-electron chi connectivity index (χ3n) is 5.52. The van der Waals surface area contributed by atoms with Gasteiger partial charge in [-0.05, 0) is 30.7 Å². The zero-order valence-electron chi connectivity index (χ0n) is 16.6. The number of aryl methyl sites for hydroxylation is 1. The summed E-state index contributed by atoms with van der Waals surface area (Å²) in [6.45, 7) is 3.82. The fourth-order valence-corrected chi connectivity index (χ4v) is 4.07. The number of fused-ring (bicyclic) bond motifs is 1. The van der Waals surface area contributed by atoms with Crippen LogP contribution < -0.4 is 9.64 Å². The lowest BCUT2D eigenvalue weighted by Gasteiger charge is -2.18. The fourth-order valence-electron chi connectivity index (χ4n) is 4.07. The lowest BCUT2D eigenvalue weighted by Crippen LogP contribution is -2.24. The second-order valence-electron chi connectivity index (χ2n) is 7.42. The van der Waals surface area contributed by atoms with Crippen LogP contribution in [0.3, 0.4) is 0 Å². The van der Waals surface area contributed by atoms with Gasteiger partial charge in [0, 0.05) is 37.2 Å². The maximum Gasteiger partial charge on any atom is 0.227 e. The number of carbonyl (C=O) groups is 1. The summed E-state index contributed by atoms with van der Waals surface area (Å²) in [6.07, 6.45) is 4.01. The molecule has 28 heavy (non-hydrogen) atoms. The molecule has 0 unspecified atom stereocenters. The van der Waals surface area contributed by atoms with Gasteiger partial charge >= 0.3 is 0 Å². The van der Waals surface area contributed by atoms with Gasteiger partial charge < -0.3 is 14.2 Å². The van der Waals surface area contributed by atoms with Crippen LogP contribution >= 0.6 is 0 Å². The van der Waals surface area contributed by atoms with Crippen molar-refractivity contribution in [1.82, 2.24) is 9.55 Å². The number of amides is 1. The Morgan fingerprint density at radius 3 is 2.82 bits per heavy atom. The van der Waals surface area contributed by atoms with Crippen LogP contribution in [0.2, 0.25) is 0 Å². The van der Waals surface area contributed by atoms with Crippen LogP contribution in [-0.2, 0) is 11.3 Å². The molecule has 146 valence electrons. The number of imidazole rings is 1. The SMILES string of the molecule is CCCCCn1c([C@@H]2CC(=O)N(c3cccc(OC)c3)C2)nc2ccccc21. The summed E-state index contributed by atoms with van der Waals surface area (Å²) >= 11 is 0. The minimum Gasteiger partial charge on any atom is -0.497 e. The van der Waals surface area contributed by atoms with Crippen molar-refractivity contribution in [3.63, 3.8) is 0 Å². The van der Waals surface area contributed by atoms with E-state index in [1.807, 2.05) is 35.2 Å². The highest BCUT2D eigenvalue weighted by atomic mass is 16.5. The maximum absolute atomic E-state index is 12.8. The molecular weight excluding hydrogens is 350 g/mol. The average molecular weight is 377 g/mol. The summed E-state index contributed by atoms with van der Waals surface area (Å²) in [5, 5.41) is 0. The van der Waals surface area contributed by atoms with Crippen molar-refractivity contribution < 1.29 is 9.53 Å². The van der Waals surface area contributed by atoms with Crippen molar-refractivity contribution in [2.45, 2.75) is 45.1 Å². The number of carbonyl (C=O) groups excluding carboxylic acids is 1. The van der Waals surface area contributed by atoms with Gasteiger partial charge in [-0.3, -0.25) is 4.79 Å². The number of ether oxygens (including phenoxy) is 1. The molecule has 1 atom stereocenters. The highest BCUT2D eigenvalue weighted by Gasteiger charge is 2.34. The second kappa shape index (κ2) is 8.05. The standard InChI is InChI=1S/C23H27N3O2/c1-3-4-7-13-25-21-12-6-5-11-20(21)24-23(25)17-14-22(27)26(16-17)18-9-8-10-19(15-18)28-2/h5-6,8-12,15,17H,3-4,7,13-14,16H2,1-2H3/t17-/m1/s1. The molecule has 1 aromatic heterocycles. The Balaban J connectivity index is 1.64. The highest BCUT2D eigenvalue weighted by Crippen LogP contribution is 2.34. The zero-order valence-corrected chi connectivity index (χ0v) is 16.6. The van der Waals surface area contributed by atoms with Crippen LogP contribution in [0, 0.1) is 0 Å². The Labute approximate surface area is 165 Å². The van der Waals surface area contributed by atoms with Crippen molar-refractivity contribution >= 4 is 22.6 Å². The topological polar surface area (TPSA) is 47.4 Å². The van der Waals surface area contributed by atoms with Crippen molar-refractivity contribution in [3.05, 3.63) is 54.4 Å². The summed E-state index contributed by atoms with van der Waals surface area (Å²) < 4.78 is 7.65. The van der Waals surface area contributed by atoms with Crippen LogP contribution in [0.25, 0.3) is 11.0 Å². The molecule has 5 heteroatoms. The van der Waals surface area contributed by atoms with Gasteiger partial charge in [0.25, 0.3) is 0 Å². The molecule has 0 spiro atoms. The molecule has 1 fully saturated rings. The lowest BCUT2D eigenvalue weighted by molar-refractivity contribution is -0.117. The van der Waals surface area contributed by atoms with Crippen molar-refractivity contribution in [1.29, 1.82) is 0 Å². The molecule has 0 radical (unpaired) electrons. The van der Waals surface area contributed by atoms with Crippen LogP contribution in [0.15, 0.2) is 48.5 Å². The molecule has 2 aromatic carbocycles. The maximum atomic E-state index is 12.8. The first kappa shape index (κ1) is 18.5. The predicted molar refractivity (Wildman–Crippen MR) is 112 cm³/mol. The molecule has 0 N–H and O–H groups in total. The molecule has 0 saturated carbocycles. The summed E-state index contributed by atoms with van der Waals surface area (Å²) in [4.78, 5) is 19.6. The van der Waals surface area contributed by atoms with Crippen molar-refractivity contribution in [3.8, 4) is 5.75 Å². The third-order valence-corrected chi connectivity index (χ3v) is 5.52. The lowest BCUT2D eigenvalue weighted by atomic mass is 10.1. The van der Waals surface area contributed by atoms with E-state index < -0.39 is 0 Å². The quantitative estimate of drug-likeness (QED) is 0.558. The van der Waals surface area contributed by atoms with Gasteiger partial charge in [0.15, 0.2) is 0 Å². The monoisotopic (exact) mass is 377 g/mol. The Morgan fingerprint density at radius 2 is 2.00 bits per heavy atom. The summed E-state index contributed by atoms with van der Waals surface area (Å²) in [6, 6.07) is 16.0. The molecule has 0 aliphatic carbocycles. The summed E-state index contributed by atoms with van der Waals surface area (Å²) in [5.74, 6) is 2.05. The van der Waals surface area contributed by atoms with E-state index in [1.54, 1.807) is 7.11 Å². The minimum atomic E-state index is 0.104. The molecule has 1 aliphatic rings. The van der Waals surface area contributed by atoms with Crippen molar-refractivity contribution in [2.24, 2.45) is 0 Å². The van der Waals surface area contributed by atoms with E-state index in [1.165, 1.54) is 18.4 Å². The third kappa shape index (κ3) is 3.49. The van der Waals surface area contributed by atoms with E-state index in [9.17, 15) is 4.79 Å². The summed E-state index contributed by atoms with van der Waals surface area (Å²) in [7, 11) is 1.65. The molecule has 0 bridgehead atoms. The van der Waals surface area contributed by atoms with Gasteiger partial charge in [-0.1, -0.05) is 38.0 Å². The van der Waals surface area contributed by atoms with Gasteiger partial charge in [-0.2, -0.15) is 0 Å². The Hall–Kier alpha value is -2.82. The molecular formula is C23H27N3O2. The number of unbranched alkanes of at least 4 members (excludes halogenated alkanes) is 2. The Kier molecular flexibility index (Phi) is 5.33. The molecule has 1 saturated heterocycles. The van der Waals surface area contributed by atoms with E-state index in [2.05, 4.69) is 29.7 Å². The fraction of sp³-hybridized carbons (Fsp3) is 0.391. The largest absolute Gasteiger partial charge is 0.497 e. The molecule has 5 nitrogen and oxygen atoms in total. The first-order valence-corrected chi connectivity index (χ1v) is 10.1. The molecule has 4 rings (SSSR count). The number of hydrogen-bond acceptors (Lipinski definition) is 3. The predicted octanol–water partition coefficient (Wildman–Crippen LogP) is 4.76. The molecule has 1 aliphatic heterocycles. The van der Waals surface area contributed by atoms with Crippen LogP contribution in [-0.4, -0.2) is 29.1 Å². The van der Waals surface area contributed by atoms with E-state index in [0.29, 0.717) is 13.0 Å². The Morgan fingerprint density at radius 1 is 1.14 bits per heavy atom. The summed E-state index contributed by atoms with van der Waals surface area (Å²) in [5.41, 5.74) is 3.07. The molecule has 3 aromatic rings. The van der Waals surface area contributed by atoms with E-state index in [4.69, 9.17) is 9.72 Å². The van der Waals surface area contributed by atoms with Crippen LogP contribution in [0.5, 0.6) is 5.75 Å². The van der Waals surface area contributed by atoms with Gasteiger partial charge in [0.1, 0.15) is 11.6 Å². The number of nitrogens with zero attached hydrogens (tertiary/aromatic N) is 3. The average Bonchev–Trinajstić information content (AvgIpc) is 3.29. The number of methoxy groups -OCH3 is 1. The number of anilines is 1. The first-order valence-electron chi connectivity index (χ1n) is 10.1. The normalized spacial score (nSPS) is 16.9. The molecule has 2 heterocycles. The van der Waals surface area contributed by atoms with Crippen LogP contribution in [0.4, 0.5) is 5.69 Å². The number of hydrogen-bond donors (Lipinski definition) is 0. The smallest absolute Gasteiger partial charge is 0.227 e. The second-order valence-corrected chi connectivity index (χ2v) is 7.42. The van der Waals surface area contributed by atoms with Gasteiger partial charge in [0.05, 0.1) is 18.1 Å². The highest BCUT2D eigenvalue weighted by molar-refractivity contribution is 5.96. The van der Waals surface area contributed by atoms with E-state index >= 15 is 0 Å². The Bertz CT molecular complexity index is 979. The van der Waals surface area contributed by atoms with Gasteiger partial charge in [-0.15, -0.1) is 0 Å². The number of benzene rings is 2. The van der Waals surface area contributed by atoms with Gasteiger partial charge in [-0.25, -0.2) is 4.98 Å². The minimum absolute atomic E-state index is 0.104. The number of rotatable bonds is 7. The number of para-hydroxylation sites is 2. The first-order chi connectivity index (χ1) is 13.7.